The highest BCUT2D eigenvalue weighted by Gasteiger charge is 2.25. The molecule has 0 spiro atoms. The van der Waals surface area contributed by atoms with E-state index >= 15 is 0 Å². The zero-order chi connectivity index (χ0) is 21.7. The minimum atomic E-state index is -0.703. The van der Waals surface area contributed by atoms with Crippen LogP contribution in [0.2, 0.25) is 5.02 Å². The Hall–Kier alpha value is -3.05. The molecule has 0 aliphatic rings. The summed E-state index contributed by atoms with van der Waals surface area (Å²) in [7, 11) is 1.62. The molecule has 0 aliphatic heterocycles. The van der Waals surface area contributed by atoms with Crippen LogP contribution in [0, 0.1) is 13.8 Å². The molecule has 5 nitrogen and oxygen atoms in total. The third-order valence-corrected chi connectivity index (χ3v) is 5.36. The molecule has 1 atom stereocenters. The van der Waals surface area contributed by atoms with E-state index in [1.54, 1.807) is 25.1 Å². The second-order valence-electron chi connectivity index (χ2n) is 7.09. The number of methoxy groups -OCH3 is 1. The molecule has 30 heavy (non-hydrogen) atoms. The number of benzene rings is 2. The molecule has 0 bridgehead atoms. The lowest BCUT2D eigenvalue weighted by Crippen LogP contribution is -2.40. The van der Waals surface area contributed by atoms with Gasteiger partial charge in [0, 0.05) is 11.2 Å². The predicted octanol–water partition coefficient (Wildman–Crippen LogP) is 5.36. The Labute approximate surface area is 182 Å². The number of anilines is 1. The van der Waals surface area contributed by atoms with Gasteiger partial charge in [-0.2, -0.15) is 0 Å². The maximum atomic E-state index is 13.3. The Morgan fingerprint density at radius 3 is 2.30 bits per heavy atom. The van der Waals surface area contributed by atoms with E-state index in [-0.39, 0.29) is 5.91 Å². The summed E-state index contributed by atoms with van der Waals surface area (Å²) in [4.78, 5) is 19.3. The van der Waals surface area contributed by atoms with Gasteiger partial charge in [-0.1, -0.05) is 29.8 Å². The van der Waals surface area contributed by atoms with Crippen molar-refractivity contribution in [3.63, 3.8) is 0 Å². The molecular formula is C24H25ClN2O3. The van der Waals surface area contributed by atoms with Crippen LogP contribution in [-0.2, 0) is 11.3 Å². The van der Waals surface area contributed by atoms with Gasteiger partial charge < -0.3 is 9.47 Å². The zero-order valence-electron chi connectivity index (χ0n) is 17.6. The normalized spacial score (nSPS) is 11.6. The topological polar surface area (TPSA) is 51.7 Å². The standard InChI is InChI=1S/C24H25ClN2O3/c1-16-13-21(14-17(2)23(16)25)30-18(3)24(28)27(22-7-5-6-12-26-22)15-19-8-10-20(29-4)11-9-19/h5-14,18H,15H2,1-4H3/t18-/m0/s1. The maximum absolute atomic E-state index is 13.3. The van der Waals surface area contributed by atoms with Crippen molar-refractivity contribution in [2.24, 2.45) is 0 Å². The Bertz CT molecular complexity index is 984. The summed E-state index contributed by atoms with van der Waals surface area (Å²) in [5.74, 6) is 1.76. The van der Waals surface area contributed by atoms with E-state index in [2.05, 4.69) is 4.98 Å². The SMILES string of the molecule is COc1ccc(CN(C(=O)[C@H](C)Oc2cc(C)c(Cl)c(C)c2)c2ccccn2)cc1. The predicted molar refractivity (Wildman–Crippen MR) is 119 cm³/mol. The first-order valence-electron chi connectivity index (χ1n) is 9.67. The monoisotopic (exact) mass is 424 g/mol. The number of pyridine rings is 1. The summed E-state index contributed by atoms with van der Waals surface area (Å²) in [6.45, 7) is 5.94. The number of halogens is 1. The molecule has 3 rings (SSSR count). The van der Waals surface area contributed by atoms with Crippen LogP contribution in [0.5, 0.6) is 11.5 Å². The number of nitrogens with zero attached hydrogens (tertiary/aromatic N) is 2. The largest absolute Gasteiger partial charge is 0.497 e. The van der Waals surface area contributed by atoms with Crippen LogP contribution in [-0.4, -0.2) is 24.1 Å². The van der Waals surface area contributed by atoms with Crippen LogP contribution in [0.25, 0.3) is 0 Å². The fraction of sp³-hybridized carbons (Fsp3) is 0.250. The average Bonchev–Trinajstić information content (AvgIpc) is 2.76. The lowest BCUT2D eigenvalue weighted by Gasteiger charge is -2.26. The molecule has 0 N–H and O–H groups in total. The third-order valence-electron chi connectivity index (χ3n) is 4.76. The molecule has 0 saturated heterocycles. The Morgan fingerprint density at radius 2 is 1.73 bits per heavy atom. The molecule has 3 aromatic rings. The van der Waals surface area contributed by atoms with Gasteiger partial charge in [-0.3, -0.25) is 9.69 Å². The fourth-order valence-corrected chi connectivity index (χ4v) is 3.26. The number of hydrogen-bond donors (Lipinski definition) is 0. The minimum Gasteiger partial charge on any atom is -0.497 e. The number of rotatable bonds is 7. The van der Waals surface area contributed by atoms with Crippen LogP contribution in [0.15, 0.2) is 60.8 Å². The average molecular weight is 425 g/mol. The Balaban J connectivity index is 1.84. The first kappa shape index (κ1) is 21.7. The van der Waals surface area contributed by atoms with Crippen molar-refractivity contribution < 1.29 is 14.3 Å². The number of hydrogen-bond acceptors (Lipinski definition) is 4. The lowest BCUT2D eigenvalue weighted by molar-refractivity contribution is -0.124. The molecule has 0 unspecified atom stereocenters. The van der Waals surface area contributed by atoms with Gasteiger partial charge in [-0.25, -0.2) is 4.98 Å². The number of aromatic nitrogens is 1. The van der Waals surface area contributed by atoms with Crippen LogP contribution in [0.1, 0.15) is 23.6 Å². The molecule has 0 saturated carbocycles. The summed E-state index contributed by atoms with van der Waals surface area (Å²) in [5, 5.41) is 0.705. The molecule has 156 valence electrons. The molecule has 0 fully saturated rings. The van der Waals surface area contributed by atoms with E-state index in [1.807, 2.05) is 68.4 Å². The third kappa shape index (κ3) is 5.10. The number of ether oxygens (including phenoxy) is 2. The quantitative estimate of drug-likeness (QED) is 0.512. The van der Waals surface area contributed by atoms with Crippen LogP contribution in [0.3, 0.4) is 0 Å². The van der Waals surface area contributed by atoms with Crippen molar-refractivity contribution in [1.29, 1.82) is 0 Å². The van der Waals surface area contributed by atoms with E-state index in [9.17, 15) is 4.79 Å². The number of carbonyl (C=O) groups is 1. The zero-order valence-corrected chi connectivity index (χ0v) is 18.3. The first-order chi connectivity index (χ1) is 14.4. The maximum Gasteiger partial charge on any atom is 0.269 e. The van der Waals surface area contributed by atoms with Gasteiger partial charge in [0.2, 0.25) is 0 Å². The summed E-state index contributed by atoms with van der Waals surface area (Å²) in [5.41, 5.74) is 2.78. The van der Waals surface area contributed by atoms with Crippen molar-refractivity contribution in [2.45, 2.75) is 33.4 Å². The van der Waals surface area contributed by atoms with Crippen molar-refractivity contribution in [3.8, 4) is 11.5 Å². The highest BCUT2D eigenvalue weighted by atomic mass is 35.5. The molecule has 2 aromatic carbocycles. The van der Waals surface area contributed by atoms with E-state index in [4.69, 9.17) is 21.1 Å². The van der Waals surface area contributed by atoms with E-state index < -0.39 is 6.10 Å². The number of amides is 1. The van der Waals surface area contributed by atoms with Crippen molar-refractivity contribution in [3.05, 3.63) is 82.5 Å². The van der Waals surface area contributed by atoms with Crippen LogP contribution >= 0.6 is 11.6 Å². The van der Waals surface area contributed by atoms with Gasteiger partial charge in [0.05, 0.1) is 13.7 Å². The molecule has 1 heterocycles. The van der Waals surface area contributed by atoms with Crippen molar-refractivity contribution >= 4 is 23.3 Å². The summed E-state index contributed by atoms with van der Waals surface area (Å²) < 4.78 is 11.2. The molecular weight excluding hydrogens is 400 g/mol. The Kier molecular flexibility index (Phi) is 6.95. The van der Waals surface area contributed by atoms with Gasteiger partial charge in [-0.05, 0) is 73.9 Å². The first-order valence-corrected chi connectivity index (χ1v) is 10.1. The molecule has 0 aliphatic carbocycles. The van der Waals surface area contributed by atoms with Gasteiger partial charge >= 0.3 is 0 Å². The summed E-state index contributed by atoms with van der Waals surface area (Å²) in [6, 6.07) is 16.8. The van der Waals surface area contributed by atoms with Crippen molar-refractivity contribution in [1.82, 2.24) is 4.98 Å². The minimum absolute atomic E-state index is 0.185. The molecule has 0 radical (unpaired) electrons. The van der Waals surface area contributed by atoms with Crippen LogP contribution < -0.4 is 14.4 Å². The van der Waals surface area contributed by atoms with E-state index in [0.29, 0.717) is 23.1 Å². The smallest absolute Gasteiger partial charge is 0.269 e. The highest BCUT2D eigenvalue weighted by Crippen LogP contribution is 2.27. The molecule has 1 amide bonds. The second-order valence-corrected chi connectivity index (χ2v) is 7.47. The van der Waals surface area contributed by atoms with Gasteiger partial charge in [0.15, 0.2) is 6.10 Å². The molecule has 6 heteroatoms. The lowest BCUT2D eigenvalue weighted by atomic mass is 10.1. The van der Waals surface area contributed by atoms with E-state index in [0.717, 1.165) is 22.4 Å². The van der Waals surface area contributed by atoms with Gasteiger partial charge in [-0.15, -0.1) is 0 Å². The van der Waals surface area contributed by atoms with Crippen molar-refractivity contribution in [2.75, 3.05) is 12.0 Å². The fourth-order valence-electron chi connectivity index (χ4n) is 3.15. The summed E-state index contributed by atoms with van der Waals surface area (Å²) >= 11 is 6.24. The van der Waals surface area contributed by atoms with Gasteiger partial charge in [0.1, 0.15) is 17.3 Å². The van der Waals surface area contributed by atoms with E-state index in [1.165, 1.54) is 0 Å². The molecule has 1 aromatic heterocycles. The van der Waals surface area contributed by atoms with Gasteiger partial charge in [0.25, 0.3) is 5.91 Å². The Morgan fingerprint density at radius 1 is 1.07 bits per heavy atom. The number of carbonyl (C=O) groups excluding carboxylic acids is 1. The summed E-state index contributed by atoms with van der Waals surface area (Å²) in [6.07, 6.45) is 0.964. The van der Waals surface area contributed by atoms with Crippen LogP contribution in [0.4, 0.5) is 5.82 Å². The number of aryl methyl sites for hydroxylation is 2. The highest BCUT2D eigenvalue weighted by molar-refractivity contribution is 6.32. The second kappa shape index (κ2) is 9.63.